The molecule has 0 fully saturated rings. The van der Waals surface area contributed by atoms with Crippen LogP contribution in [-0.4, -0.2) is 16.9 Å². The number of nitrogens with zero attached hydrogens (tertiary/aromatic N) is 2. The van der Waals surface area contributed by atoms with Gasteiger partial charge in [-0.1, -0.05) is 48.7 Å². The van der Waals surface area contributed by atoms with Crippen LogP contribution in [0.15, 0.2) is 47.6 Å². The zero-order chi connectivity index (χ0) is 16.7. The zero-order valence-electron chi connectivity index (χ0n) is 13.4. The lowest BCUT2D eigenvalue weighted by atomic mass is 9.96. The number of hydrogen-bond donors (Lipinski definition) is 0. The molecular formula is C19H18Cl2N2O. The minimum atomic E-state index is -0.0292. The molecule has 4 rings (SSSR count). The molecule has 0 aromatic heterocycles. The van der Waals surface area contributed by atoms with Gasteiger partial charge in [-0.3, -0.25) is 5.01 Å². The van der Waals surface area contributed by atoms with Crippen molar-refractivity contribution >= 4 is 28.9 Å². The van der Waals surface area contributed by atoms with Crippen molar-refractivity contribution in [2.24, 2.45) is 5.10 Å². The summed E-state index contributed by atoms with van der Waals surface area (Å²) >= 11 is 12.2. The molecule has 0 spiro atoms. The highest BCUT2D eigenvalue weighted by atomic mass is 35.5. The molecule has 124 valence electrons. The Labute approximate surface area is 151 Å². The minimum Gasteiger partial charge on any atom is -0.469 e. The van der Waals surface area contributed by atoms with Gasteiger partial charge in [0.15, 0.2) is 6.23 Å². The Kier molecular flexibility index (Phi) is 4.15. The molecule has 0 saturated heterocycles. The van der Waals surface area contributed by atoms with Gasteiger partial charge < -0.3 is 4.74 Å². The second kappa shape index (κ2) is 6.30. The molecule has 0 radical (unpaired) electrons. The van der Waals surface area contributed by atoms with Crippen LogP contribution in [0.4, 0.5) is 0 Å². The van der Waals surface area contributed by atoms with Crippen LogP contribution in [0, 0.1) is 0 Å². The molecule has 0 bridgehead atoms. The SMILES string of the molecule is CCC[C@@H]1Oc2ccc(Cl)cc2[C@H]2CC(c3ccc(Cl)cc3)=NN12. The predicted molar refractivity (Wildman–Crippen MR) is 98.0 cm³/mol. The maximum atomic E-state index is 6.21. The lowest BCUT2D eigenvalue weighted by Gasteiger charge is -2.38. The Morgan fingerprint density at radius 3 is 2.62 bits per heavy atom. The number of hydrazone groups is 1. The molecule has 3 nitrogen and oxygen atoms in total. The van der Waals surface area contributed by atoms with Gasteiger partial charge in [-0.15, -0.1) is 0 Å². The monoisotopic (exact) mass is 360 g/mol. The van der Waals surface area contributed by atoms with Crippen molar-refractivity contribution in [1.29, 1.82) is 0 Å². The lowest BCUT2D eigenvalue weighted by molar-refractivity contribution is -0.0223. The summed E-state index contributed by atoms with van der Waals surface area (Å²) in [7, 11) is 0. The lowest BCUT2D eigenvalue weighted by Crippen LogP contribution is -2.40. The van der Waals surface area contributed by atoms with E-state index >= 15 is 0 Å². The second-order valence-electron chi connectivity index (χ2n) is 6.20. The van der Waals surface area contributed by atoms with Gasteiger partial charge in [0.1, 0.15) is 5.75 Å². The fraction of sp³-hybridized carbons (Fsp3) is 0.316. The standard InChI is InChI=1S/C19H18Cl2N2O/c1-2-3-19-23-17(15-10-14(21)8-9-18(15)24-19)11-16(22-23)12-4-6-13(20)7-5-12/h4-10,17,19H,2-3,11H2,1H3/t17-,19+/m1/s1. The number of ether oxygens (including phenoxy) is 1. The van der Waals surface area contributed by atoms with E-state index in [2.05, 4.69) is 11.9 Å². The molecule has 24 heavy (non-hydrogen) atoms. The van der Waals surface area contributed by atoms with E-state index in [1.807, 2.05) is 42.5 Å². The average Bonchev–Trinajstić information content (AvgIpc) is 3.02. The smallest absolute Gasteiger partial charge is 0.187 e. The first kappa shape index (κ1) is 15.8. The Morgan fingerprint density at radius 2 is 1.88 bits per heavy atom. The zero-order valence-corrected chi connectivity index (χ0v) is 14.9. The van der Waals surface area contributed by atoms with Crippen LogP contribution in [0.25, 0.3) is 0 Å². The topological polar surface area (TPSA) is 24.8 Å². The van der Waals surface area contributed by atoms with Crippen molar-refractivity contribution in [3.05, 3.63) is 63.6 Å². The second-order valence-corrected chi connectivity index (χ2v) is 7.07. The molecule has 0 amide bonds. The van der Waals surface area contributed by atoms with Gasteiger partial charge in [0.2, 0.25) is 0 Å². The molecule has 2 heterocycles. The van der Waals surface area contributed by atoms with Crippen LogP contribution in [0.2, 0.25) is 10.0 Å². The Hall–Kier alpha value is -1.71. The van der Waals surface area contributed by atoms with Crippen LogP contribution < -0.4 is 4.74 Å². The molecule has 0 unspecified atom stereocenters. The van der Waals surface area contributed by atoms with E-state index in [0.29, 0.717) is 0 Å². The van der Waals surface area contributed by atoms with E-state index in [1.165, 1.54) is 0 Å². The van der Waals surface area contributed by atoms with Crippen LogP contribution in [0.5, 0.6) is 5.75 Å². The molecule has 2 aromatic rings. The Morgan fingerprint density at radius 1 is 1.12 bits per heavy atom. The van der Waals surface area contributed by atoms with E-state index in [4.69, 9.17) is 33.0 Å². The third-order valence-electron chi connectivity index (χ3n) is 4.54. The highest BCUT2D eigenvalue weighted by Gasteiger charge is 2.39. The summed E-state index contributed by atoms with van der Waals surface area (Å²) in [6.07, 6.45) is 2.80. The van der Waals surface area contributed by atoms with E-state index in [1.54, 1.807) is 0 Å². The van der Waals surface area contributed by atoms with Crippen molar-refractivity contribution in [2.45, 2.75) is 38.5 Å². The number of benzene rings is 2. The molecular weight excluding hydrogens is 343 g/mol. The summed E-state index contributed by atoms with van der Waals surface area (Å²) in [4.78, 5) is 0. The third kappa shape index (κ3) is 2.76. The molecule has 5 heteroatoms. The summed E-state index contributed by atoms with van der Waals surface area (Å²) < 4.78 is 6.18. The van der Waals surface area contributed by atoms with E-state index in [0.717, 1.165) is 51.9 Å². The van der Waals surface area contributed by atoms with Crippen molar-refractivity contribution in [3.8, 4) is 5.75 Å². The first-order chi connectivity index (χ1) is 11.7. The van der Waals surface area contributed by atoms with E-state index in [9.17, 15) is 0 Å². The molecule has 0 N–H and O–H groups in total. The van der Waals surface area contributed by atoms with Crippen LogP contribution in [0.1, 0.15) is 43.4 Å². The first-order valence-corrected chi connectivity index (χ1v) is 8.99. The third-order valence-corrected chi connectivity index (χ3v) is 5.03. The summed E-state index contributed by atoms with van der Waals surface area (Å²) in [6.45, 7) is 2.16. The first-order valence-electron chi connectivity index (χ1n) is 8.23. The highest BCUT2D eigenvalue weighted by molar-refractivity contribution is 6.31. The predicted octanol–water partition coefficient (Wildman–Crippen LogP) is 5.66. The van der Waals surface area contributed by atoms with Gasteiger partial charge in [0.25, 0.3) is 0 Å². The van der Waals surface area contributed by atoms with Crippen LogP contribution in [0.3, 0.4) is 0 Å². The Balaban J connectivity index is 1.72. The van der Waals surface area contributed by atoms with Gasteiger partial charge >= 0.3 is 0 Å². The van der Waals surface area contributed by atoms with E-state index < -0.39 is 0 Å². The van der Waals surface area contributed by atoms with Gasteiger partial charge in [-0.25, -0.2) is 0 Å². The minimum absolute atomic E-state index is 0.0292. The van der Waals surface area contributed by atoms with Gasteiger partial charge in [-0.05, 0) is 35.9 Å². The van der Waals surface area contributed by atoms with Crippen molar-refractivity contribution in [1.82, 2.24) is 5.01 Å². The quantitative estimate of drug-likeness (QED) is 0.704. The molecule has 2 aromatic carbocycles. The highest BCUT2D eigenvalue weighted by Crippen LogP contribution is 2.44. The van der Waals surface area contributed by atoms with Crippen molar-refractivity contribution in [3.63, 3.8) is 0 Å². The molecule has 2 aliphatic rings. The summed E-state index contributed by atoms with van der Waals surface area (Å²) in [5.41, 5.74) is 3.28. The van der Waals surface area contributed by atoms with Crippen LogP contribution in [-0.2, 0) is 0 Å². The van der Waals surface area contributed by atoms with Gasteiger partial charge in [-0.2, -0.15) is 5.10 Å². The largest absolute Gasteiger partial charge is 0.469 e. The fourth-order valence-electron chi connectivity index (χ4n) is 3.39. The maximum Gasteiger partial charge on any atom is 0.187 e. The molecule has 2 aliphatic heterocycles. The molecule has 0 aliphatic carbocycles. The van der Waals surface area contributed by atoms with Crippen molar-refractivity contribution < 1.29 is 4.74 Å². The van der Waals surface area contributed by atoms with Gasteiger partial charge in [0, 0.05) is 28.5 Å². The average molecular weight is 361 g/mol. The molecule has 2 atom stereocenters. The van der Waals surface area contributed by atoms with Crippen molar-refractivity contribution in [2.75, 3.05) is 0 Å². The van der Waals surface area contributed by atoms with Crippen LogP contribution >= 0.6 is 23.2 Å². The number of halogens is 2. The number of fused-ring (bicyclic) bond motifs is 3. The molecule has 0 saturated carbocycles. The maximum absolute atomic E-state index is 6.21. The fourth-order valence-corrected chi connectivity index (χ4v) is 3.69. The van der Waals surface area contributed by atoms with Gasteiger partial charge in [0.05, 0.1) is 11.8 Å². The normalized spacial score (nSPS) is 21.8. The number of rotatable bonds is 3. The summed E-state index contributed by atoms with van der Waals surface area (Å²) in [5.74, 6) is 0.923. The Bertz CT molecular complexity index is 788. The summed E-state index contributed by atoms with van der Waals surface area (Å²) in [6, 6.07) is 13.9. The summed E-state index contributed by atoms with van der Waals surface area (Å²) in [5, 5.41) is 8.44. The van der Waals surface area contributed by atoms with E-state index in [-0.39, 0.29) is 12.3 Å². The number of hydrogen-bond acceptors (Lipinski definition) is 3.